The van der Waals surface area contributed by atoms with Crippen molar-refractivity contribution in [2.24, 2.45) is 0 Å². The first-order valence-corrected chi connectivity index (χ1v) is 10.4. The number of sulfonamides is 1. The molecule has 0 fully saturated rings. The summed E-state index contributed by atoms with van der Waals surface area (Å²) in [5.41, 5.74) is 1.50. The zero-order valence-corrected chi connectivity index (χ0v) is 15.9. The minimum Gasteiger partial charge on any atom is -0.489 e. The lowest BCUT2D eigenvalue weighted by molar-refractivity contribution is 0.306. The first-order valence-electron chi connectivity index (χ1n) is 8.89. The molecule has 0 spiro atoms. The van der Waals surface area contributed by atoms with Crippen LogP contribution in [-0.4, -0.2) is 8.42 Å². The van der Waals surface area contributed by atoms with Gasteiger partial charge in [0.1, 0.15) is 12.4 Å². The predicted octanol–water partition coefficient (Wildman–Crippen LogP) is 5.22. The van der Waals surface area contributed by atoms with Crippen molar-refractivity contribution in [2.45, 2.75) is 11.5 Å². The SMILES string of the molecule is O=S(=O)(Nc1cccc(OCc2ccccc2)c1)c1cccc2ccccc12. The minimum absolute atomic E-state index is 0.251. The van der Waals surface area contributed by atoms with Gasteiger partial charge in [-0.1, -0.05) is 72.8 Å². The van der Waals surface area contributed by atoms with E-state index in [1.165, 1.54) is 0 Å². The molecule has 5 heteroatoms. The van der Waals surface area contributed by atoms with Crippen molar-refractivity contribution in [1.29, 1.82) is 0 Å². The molecule has 0 bridgehead atoms. The van der Waals surface area contributed by atoms with Crippen LogP contribution in [0.25, 0.3) is 10.8 Å². The van der Waals surface area contributed by atoms with Crippen molar-refractivity contribution in [3.63, 3.8) is 0 Å². The predicted molar refractivity (Wildman–Crippen MR) is 112 cm³/mol. The van der Waals surface area contributed by atoms with E-state index in [1.54, 1.807) is 36.4 Å². The second-order valence-electron chi connectivity index (χ2n) is 6.38. The van der Waals surface area contributed by atoms with E-state index in [-0.39, 0.29) is 4.90 Å². The molecule has 4 rings (SSSR count). The van der Waals surface area contributed by atoms with Gasteiger partial charge in [-0.05, 0) is 29.1 Å². The maximum Gasteiger partial charge on any atom is 0.262 e. The quantitative estimate of drug-likeness (QED) is 0.492. The van der Waals surface area contributed by atoms with Crippen LogP contribution in [-0.2, 0) is 16.6 Å². The maximum atomic E-state index is 13.0. The van der Waals surface area contributed by atoms with E-state index in [2.05, 4.69) is 4.72 Å². The average molecular weight is 389 g/mol. The summed E-state index contributed by atoms with van der Waals surface area (Å²) in [5.74, 6) is 0.599. The summed E-state index contributed by atoms with van der Waals surface area (Å²) in [5, 5.41) is 1.57. The molecule has 0 amide bonds. The molecule has 28 heavy (non-hydrogen) atoms. The van der Waals surface area contributed by atoms with E-state index in [0.717, 1.165) is 10.9 Å². The molecule has 0 aliphatic rings. The molecule has 0 aliphatic carbocycles. The Labute approximate surface area is 164 Å². The van der Waals surface area contributed by atoms with Crippen LogP contribution in [0.3, 0.4) is 0 Å². The van der Waals surface area contributed by atoms with Gasteiger partial charge in [0.15, 0.2) is 0 Å². The highest BCUT2D eigenvalue weighted by molar-refractivity contribution is 7.93. The third kappa shape index (κ3) is 4.00. The van der Waals surface area contributed by atoms with E-state index in [4.69, 9.17) is 4.74 Å². The highest BCUT2D eigenvalue weighted by Gasteiger charge is 2.17. The van der Waals surface area contributed by atoms with Crippen molar-refractivity contribution in [3.8, 4) is 5.75 Å². The highest BCUT2D eigenvalue weighted by Crippen LogP contribution is 2.26. The summed E-state index contributed by atoms with van der Waals surface area (Å²) in [7, 11) is -3.73. The Hall–Kier alpha value is -3.31. The Bertz CT molecular complexity index is 1200. The Balaban J connectivity index is 1.56. The summed E-state index contributed by atoms with van der Waals surface area (Å²) < 4.78 is 34.4. The van der Waals surface area contributed by atoms with Gasteiger partial charge in [0.25, 0.3) is 10.0 Å². The molecule has 0 radical (unpaired) electrons. The van der Waals surface area contributed by atoms with Crippen LogP contribution in [0.4, 0.5) is 5.69 Å². The van der Waals surface area contributed by atoms with Crippen LogP contribution in [0.15, 0.2) is 102 Å². The fraction of sp³-hybridized carbons (Fsp3) is 0.0435. The smallest absolute Gasteiger partial charge is 0.262 e. The Kier molecular flexibility index (Phi) is 5.00. The normalized spacial score (nSPS) is 11.3. The van der Waals surface area contributed by atoms with Crippen molar-refractivity contribution in [3.05, 3.63) is 103 Å². The van der Waals surface area contributed by atoms with E-state index in [1.807, 2.05) is 60.7 Å². The number of anilines is 1. The maximum absolute atomic E-state index is 13.0. The Morgan fingerprint density at radius 2 is 1.46 bits per heavy atom. The van der Waals surface area contributed by atoms with Crippen LogP contribution < -0.4 is 9.46 Å². The molecule has 4 aromatic rings. The molecule has 0 aliphatic heterocycles. The standard InChI is InChI=1S/C23H19NO3S/c25-28(26,23-15-6-11-19-10-4-5-14-22(19)23)24-20-12-7-13-21(16-20)27-17-18-8-2-1-3-9-18/h1-16,24H,17H2. The average Bonchev–Trinajstić information content (AvgIpc) is 2.72. The van der Waals surface area contributed by atoms with E-state index in [0.29, 0.717) is 23.4 Å². The summed E-state index contributed by atoms with van der Waals surface area (Å²) in [6.45, 7) is 0.417. The molecule has 0 atom stereocenters. The molecule has 0 unspecified atom stereocenters. The number of fused-ring (bicyclic) bond motifs is 1. The molecule has 4 nitrogen and oxygen atoms in total. The fourth-order valence-electron chi connectivity index (χ4n) is 3.03. The second kappa shape index (κ2) is 7.74. The number of hydrogen-bond acceptors (Lipinski definition) is 3. The van der Waals surface area contributed by atoms with E-state index < -0.39 is 10.0 Å². The zero-order valence-electron chi connectivity index (χ0n) is 15.1. The van der Waals surface area contributed by atoms with Gasteiger partial charge in [-0.15, -0.1) is 0 Å². The second-order valence-corrected chi connectivity index (χ2v) is 8.04. The van der Waals surface area contributed by atoms with Gasteiger partial charge in [0.2, 0.25) is 0 Å². The monoisotopic (exact) mass is 389 g/mol. The lowest BCUT2D eigenvalue weighted by Gasteiger charge is -2.12. The molecule has 140 valence electrons. The zero-order chi connectivity index (χ0) is 19.4. The summed E-state index contributed by atoms with van der Waals surface area (Å²) in [6, 6.07) is 29.5. The third-order valence-electron chi connectivity index (χ3n) is 4.37. The van der Waals surface area contributed by atoms with Gasteiger partial charge < -0.3 is 4.74 Å². The van der Waals surface area contributed by atoms with Gasteiger partial charge in [0.05, 0.1) is 10.6 Å². The molecule has 0 heterocycles. The molecular weight excluding hydrogens is 370 g/mol. The summed E-state index contributed by atoms with van der Waals surface area (Å²) >= 11 is 0. The van der Waals surface area contributed by atoms with Crippen LogP contribution in [0.2, 0.25) is 0 Å². The molecule has 0 aromatic heterocycles. The lowest BCUT2D eigenvalue weighted by atomic mass is 10.1. The molecular formula is C23H19NO3S. The minimum atomic E-state index is -3.73. The first-order chi connectivity index (χ1) is 13.6. The van der Waals surface area contributed by atoms with Crippen molar-refractivity contribution in [1.82, 2.24) is 0 Å². The molecule has 0 saturated carbocycles. The first kappa shape index (κ1) is 18.1. The van der Waals surface area contributed by atoms with Crippen molar-refractivity contribution >= 4 is 26.5 Å². The number of rotatable bonds is 6. The topological polar surface area (TPSA) is 55.4 Å². The summed E-state index contributed by atoms with van der Waals surface area (Å²) in [4.78, 5) is 0.251. The van der Waals surface area contributed by atoms with Crippen molar-refractivity contribution < 1.29 is 13.2 Å². The van der Waals surface area contributed by atoms with Crippen LogP contribution >= 0.6 is 0 Å². The fourth-order valence-corrected chi connectivity index (χ4v) is 4.31. The van der Waals surface area contributed by atoms with Gasteiger partial charge in [0, 0.05) is 11.5 Å². The number of nitrogens with one attached hydrogen (secondary N) is 1. The number of ether oxygens (including phenoxy) is 1. The Morgan fingerprint density at radius 3 is 2.32 bits per heavy atom. The van der Waals surface area contributed by atoms with Crippen LogP contribution in [0.1, 0.15) is 5.56 Å². The molecule has 4 aromatic carbocycles. The van der Waals surface area contributed by atoms with E-state index >= 15 is 0 Å². The largest absolute Gasteiger partial charge is 0.489 e. The number of hydrogen-bond donors (Lipinski definition) is 1. The van der Waals surface area contributed by atoms with Gasteiger partial charge in [-0.25, -0.2) is 8.42 Å². The Morgan fingerprint density at radius 1 is 0.750 bits per heavy atom. The van der Waals surface area contributed by atoms with Gasteiger partial charge in [-0.3, -0.25) is 4.72 Å². The lowest BCUT2D eigenvalue weighted by Crippen LogP contribution is -2.13. The van der Waals surface area contributed by atoms with Crippen LogP contribution in [0.5, 0.6) is 5.75 Å². The van der Waals surface area contributed by atoms with Gasteiger partial charge >= 0.3 is 0 Å². The molecule has 1 N–H and O–H groups in total. The molecule has 0 saturated heterocycles. The van der Waals surface area contributed by atoms with Crippen LogP contribution in [0, 0.1) is 0 Å². The van der Waals surface area contributed by atoms with E-state index in [9.17, 15) is 8.42 Å². The third-order valence-corrected chi connectivity index (χ3v) is 5.81. The highest BCUT2D eigenvalue weighted by atomic mass is 32.2. The van der Waals surface area contributed by atoms with Crippen molar-refractivity contribution in [2.75, 3.05) is 4.72 Å². The number of benzene rings is 4. The summed E-state index contributed by atoms with van der Waals surface area (Å²) in [6.07, 6.45) is 0. The van der Waals surface area contributed by atoms with Gasteiger partial charge in [-0.2, -0.15) is 0 Å².